The lowest BCUT2D eigenvalue weighted by atomic mass is 10.1. The number of ether oxygens (including phenoxy) is 2. The van der Waals surface area contributed by atoms with Gasteiger partial charge in [-0.15, -0.1) is 0 Å². The van der Waals surface area contributed by atoms with E-state index in [9.17, 15) is 0 Å². The van der Waals surface area contributed by atoms with Crippen LogP contribution in [0.1, 0.15) is 25.8 Å². The van der Waals surface area contributed by atoms with Gasteiger partial charge in [0, 0.05) is 0 Å². The van der Waals surface area contributed by atoms with Gasteiger partial charge in [-0.25, -0.2) is 0 Å². The van der Waals surface area contributed by atoms with Crippen molar-refractivity contribution in [2.45, 2.75) is 26.7 Å². The number of nitrogens with two attached hydrogens (primary N) is 1. The SMILES string of the molecule is C=C(CC)COc1c(Br)cc(CCN)cc1OCC. The number of rotatable bonds is 8. The van der Waals surface area contributed by atoms with Crippen molar-refractivity contribution in [2.75, 3.05) is 19.8 Å². The Morgan fingerprint density at radius 3 is 2.63 bits per heavy atom. The molecule has 0 aliphatic heterocycles. The first-order chi connectivity index (χ1) is 9.12. The molecule has 0 heterocycles. The highest BCUT2D eigenvalue weighted by Crippen LogP contribution is 2.37. The highest BCUT2D eigenvalue weighted by molar-refractivity contribution is 9.10. The van der Waals surface area contributed by atoms with Crippen LogP contribution in [-0.4, -0.2) is 19.8 Å². The molecule has 19 heavy (non-hydrogen) atoms. The Kier molecular flexibility index (Phi) is 6.95. The summed E-state index contributed by atoms with van der Waals surface area (Å²) < 4.78 is 12.3. The Labute approximate surface area is 123 Å². The third-order valence-electron chi connectivity index (χ3n) is 2.72. The van der Waals surface area contributed by atoms with E-state index in [1.54, 1.807) is 0 Å². The largest absolute Gasteiger partial charge is 0.490 e. The van der Waals surface area contributed by atoms with E-state index in [0.717, 1.165) is 39.9 Å². The maximum absolute atomic E-state index is 5.80. The molecule has 0 aromatic heterocycles. The molecule has 1 aromatic carbocycles. The molecule has 0 atom stereocenters. The van der Waals surface area contributed by atoms with Gasteiger partial charge in [-0.3, -0.25) is 0 Å². The van der Waals surface area contributed by atoms with E-state index in [0.29, 0.717) is 19.8 Å². The molecule has 0 radical (unpaired) electrons. The fraction of sp³-hybridized carbons (Fsp3) is 0.467. The molecule has 0 bridgehead atoms. The van der Waals surface area contributed by atoms with Crippen LogP contribution in [0, 0.1) is 0 Å². The smallest absolute Gasteiger partial charge is 0.175 e. The predicted octanol–water partition coefficient (Wildman–Crippen LogP) is 3.69. The summed E-state index contributed by atoms with van der Waals surface area (Å²) in [4.78, 5) is 0. The second-order valence-electron chi connectivity index (χ2n) is 4.27. The number of hydrogen-bond acceptors (Lipinski definition) is 3. The number of halogens is 1. The minimum absolute atomic E-state index is 0.505. The molecule has 0 saturated heterocycles. The first kappa shape index (κ1) is 16.1. The van der Waals surface area contributed by atoms with Gasteiger partial charge in [-0.05, 0) is 65.5 Å². The molecule has 0 aliphatic rings. The van der Waals surface area contributed by atoms with E-state index < -0.39 is 0 Å². The Morgan fingerprint density at radius 2 is 2.05 bits per heavy atom. The zero-order chi connectivity index (χ0) is 14.3. The predicted molar refractivity (Wildman–Crippen MR) is 83.0 cm³/mol. The zero-order valence-electron chi connectivity index (χ0n) is 11.7. The van der Waals surface area contributed by atoms with Gasteiger partial charge >= 0.3 is 0 Å². The molecule has 3 nitrogen and oxygen atoms in total. The van der Waals surface area contributed by atoms with Gasteiger partial charge in [-0.2, -0.15) is 0 Å². The van der Waals surface area contributed by atoms with Crippen LogP contribution >= 0.6 is 15.9 Å². The molecule has 0 saturated carbocycles. The summed E-state index contributed by atoms with van der Waals surface area (Å²) in [7, 11) is 0. The first-order valence-electron chi connectivity index (χ1n) is 6.57. The molecule has 0 aliphatic carbocycles. The molecule has 2 N–H and O–H groups in total. The summed E-state index contributed by atoms with van der Waals surface area (Å²) in [5, 5.41) is 0. The molecule has 0 fully saturated rings. The van der Waals surface area contributed by atoms with Crippen molar-refractivity contribution in [3.63, 3.8) is 0 Å². The first-order valence-corrected chi connectivity index (χ1v) is 7.36. The summed E-state index contributed by atoms with van der Waals surface area (Å²) in [5.74, 6) is 1.49. The van der Waals surface area contributed by atoms with Crippen LogP contribution in [0.4, 0.5) is 0 Å². The van der Waals surface area contributed by atoms with Crippen molar-refractivity contribution in [1.82, 2.24) is 0 Å². The quantitative estimate of drug-likeness (QED) is 0.740. The van der Waals surface area contributed by atoms with Gasteiger partial charge in [0.05, 0.1) is 11.1 Å². The normalized spacial score (nSPS) is 10.3. The van der Waals surface area contributed by atoms with Crippen LogP contribution in [-0.2, 0) is 6.42 Å². The van der Waals surface area contributed by atoms with Crippen LogP contribution in [0.15, 0.2) is 28.8 Å². The molecule has 0 amide bonds. The number of benzene rings is 1. The summed E-state index contributed by atoms with van der Waals surface area (Å²) in [5.41, 5.74) is 7.78. The Morgan fingerprint density at radius 1 is 1.32 bits per heavy atom. The van der Waals surface area contributed by atoms with Gasteiger partial charge in [0.15, 0.2) is 11.5 Å². The lowest BCUT2D eigenvalue weighted by Crippen LogP contribution is -2.06. The second-order valence-corrected chi connectivity index (χ2v) is 5.12. The summed E-state index contributed by atoms with van der Waals surface area (Å²) >= 11 is 3.53. The molecule has 106 valence electrons. The lowest BCUT2D eigenvalue weighted by Gasteiger charge is -2.15. The summed E-state index contributed by atoms with van der Waals surface area (Å²) in [6.45, 7) is 9.69. The van der Waals surface area contributed by atoms with Crippen LogP contribution in [0.2, 0.25) is 0 Å². The van der Waals surface area contributed by atoms with Gasteiger partial charge < -0.3 is 15.2 Å². The third-order valence-corrected chi connectivity index (χ3v) is 3.31. The minimum Gasteiger partial charge on any atom is -0.490 e. The van der Waals surface area contributed by atoms with Crippen molar-refractivity contribution >= 4 is 15.9 Å². The topological polar surface area (TPSA) is 44.5 Å². The average molecular weight is 328 g/mol. The maximum atomic E-state index is 5.80. The lowest BCUT2D eigenvalue weighted by molar-refractivity contribution is 0.290. The molecule has 1 aromatic rings. The minimum atomic E-state index is 0.505. The van der Waals surface area contributed by atoms with Crippen molar-refractivity contribution in [1.29, 1.82) is 0 Å². The van der Waals surface area contributed by atoms with Crippen LogP contribution in [0.3, 0.4) is 0 Å². The molecule has 0 spiro atoms. The van der Waals surface area contributed by atoms with Crippen LogP contribution in [0.25, 0.3) is 0 Å². The fourth-order valence-corrected chi connectivity index (χ4v) is 2.22. The van der Waals surface area contributed by atoms with Crippen LogP contribution in [0.5, 0.6) is 11.5 Å². The highest BCUT2D eigenvalue weighted by atomic mass is 79.9. The maximum Gasteiger partial charge on any atom is 0.175 e. The zero-order valence-corrected chi connectivity index (χ0v) is 13.3. The Bertz CT molecular complexity index is 432. The fourth-order valence-electron chi connectivity index (χ4n) is 1.61. The van der Waals surface area contributed by atoms with Gasteiger partial charge in [0.1, 0.15) is 6.61 Å². The molecule has 1 rings (SSSR count). The standard InChI is InChI=1S/C15H22BrNO2/c1-4-11(3)10-19-15-13(16)8-12(6-7-17)9-14(15)18-5-2/h8-9H,3-7,10,17H2,1-2H3. The summed E-state index contributed by atoms with van der Waals surface area (Å²) in [6, 6.07) is 4.02. The highest BCUT2D eigenvalue weighted by Gasteiger charge is 2.12. The number of hydrogen-bond donors (Lipinski definition) is 1. The molecule has 4 heteroatoms. The molecular weight excluding hydrogens is 306 g/mol. The van der Waals surface area contributed by atoms with Crippen molar-refractivity contribution in [3.8, 4) is 11.5 Å². The Hall–Kier alpha value is -1.00. The molecular formula is C15H22BrNO2. The Balaban J connectivity index is 2.96. The van der Waals surface area contributed by atoms with Crippen molar-refractivity contribution in [3.05, 3.63) is 34.3 Å². The van der Waals surface area contributed by atoms with Crippen molar-refractivity contribution in [2.24, 2.45) is 5.73 Å². The van der Waals surface area contributed by atoms with E-state index in [1.807, 2.05) is 19.1 Å². The third kappa shape index (κ3) is 4.88. The van der Waals surface area contributed by atoms with Gasteiger partial charge in [-0.1, -0.05) is 13.5 Å². The van der Waals surface area contributed by atoms with E-state index >= 15 is 0 Å². The summed E-state index contributed by atoms with van der Waals surface area (Å²) in [6.07, 6.45) is 1.73. The van der Waals surface area contributed by atoms with Gasteiger partial charge in [0.25, 0.3) is 0 Å². The molecule has 0 unspecified atom stereocenters. The van der Waals surface area contributed by atoms with E-state index in [-0.39, 0.29) is 0 Å². The van der Waals surface area contributed by atoms with E-state index in [1.165, 1.54) is 0 Å². The van der Waals surface area contributed by atoms with E-state index in [2.05, 4.69) is 29.4 Å². The van der Waals surface area contributed by atoms with Crippen molar-refractivity contribution < 1.29 is 9.47 Å². The second kappa shape index (κ2) is 8.23. The van der Waals surface area contributed by atoms with Crippen LogP contribution < -0.4 is 15.2 Å². The van der Waals surface area contributed by atoms with Gasteiger partial charge in [0.2, 0.25) is 0 Å². The monoisotopic (exact) mass is 327 g/mol. The van der Waals surface area contributed by atoms with E-state index in [4.69, 9.17) is 15.2 Å². The average Bonchev–Trinajstić information content (AvgIpc) is 2.38.